The molecule has 3 N–H and O–H groups in total. The molecule has 1 unspecified atom stereocenters. The number of rotatable bonds is 9. The highest BCUT2D eigenvalue weighted by Gasteiger charge is 2.55. The number of nitrogens with one attached hydrogen (secondary N) is 3. The molecule has 4 aliphatic carbocycles. The molecule has 0 saturated heterocycles. The number of ether oxygens (including phenoxy) is 1. The smallest absolute Gasteiger partial charge is 0.405 e. The van der Waals surface area contributed by atoms with E-state index in [0.29, 0.717) is 35.7 Å². The minimum atomic E-state index is -4.81. The van der Waals surface area contributed by atoms with Crippen molar-refractivity contribution in [1.29, 1.82) is 5.26 Å². The van der Waals surface area contributed by atoms with Crippen molar-refractivity contribution >= 4 is 17.7 Å². The minimum Gasteiger partial charge on any atom is -0.405 e. The molecule has 218 valence electrons. The fourth-order valence-electron chi connectivity index (χ4n) is 7.38. The topological polar surface area (TPSA) is 125 Å². The molecule has 0 spiro atoms. The van der Waals surface area contributed by atoms with Crippen LogP contribution in [0.4, 0.5) is 24.9 Å². The van der Waals surface area contributed by atoms with Crippen LogP contribution in [0.2, 0.25) is 0 Å². The number of anilines is 2. The Morgan fingerprint density at radius 3 is 2.57 bits per heavy atom. The summed E-state index contributed by atoms with van der Waals surface area (Å²) >= 11 is 0. The highest BCUT2D eigenvalue weighted by atomic mass is 19.4. The Labute approximate surface area is 240 Å². The minimum absolute atomic E-state index is 0.00127. The van der Waals surface area contributed by atoms with Gasteiger partial charge in [0.1, 0.15) is 23.2 Å². The summed E-state index contributed by atoms with van der Waals surface area (Å²) in [5.41, 5.74) is 1.17. The van der Waals surface area contributed by atoms with E-state index in [-0.39, 0.29) is 46.7 Å². The lowest BCUT2D eigenvalue weighted by molar-refractivity contribution is -0.274. The van der Waals surface area contributed by atoms with Crippen LogP contribution >= 0.6 is 0 Å². The van der Waals surface area contributed by atoms with Crippen LogP contribution in [0.15, 0.2) is 55.0 Å². The lowest BCUT2D eigenvalue weighted by Crippen LogP contribution is -2.60. The maximum Gasteiger partial charge on any atom is 0.573 e. The van der Waals surface area contributed by atoms with Crippen LogP contribution in [0, 0.1) is 34.5 Å². The van der Waals surface area contributed by atoms with Gasteiger partial charge in [-0.2, -0.15) is 10.2 Å². The van der Waals surface area contributed by atoms with Gasteiger partial charge in [0.15, 0.2) is 0 Å². The number of nitrogens with zero attached hydrogens (tertiary/aromatic N) is 4. The molecule has 12 heteroatoms. The number of carbonyl (C=O) groups is 1. The molecule has 5 atom stereocenters. The Morgan fingerprint density at radius 2 is 1.86 bits per heavy atom. The number of para-hydroxylation sites is 1. The quantitative estimate of drug-likeness (QED) is 0.313. The van der Waals surface area contributed by atoms with Gasteiger partial charge in [-0.3, -0.25) is 9.78 Å². The zero-order chi connectivity index (χ0) is 29.3. The van der Waals surface area contributed by atoms with Crippen LogP contribution in [0.1, 0.15) is 53.6 Å². The van der Waals surface area contributed by atoms with Gasteiger partial charge in [0.05, 0.1) is 11.8 Å². The number of benzene rings is 1. The molecule has 3 aromatic rings. The zero-order valence-electron chi connectivity index (χ0n) is 22.7. The van der Waals surface area contributed by atoms with E-state index in [2.05, 4.69) is 41.7 Å². The SMILES string of the molecule is N#Cc1cnc(NCc2ccccc2OC(F)(F)F)nc1NC[C@]12CC3C[C@H](C1)[C@@H](NC(=O)c1cccnc1)[C@@H](C3)C2. The summed E-state index contributed by atoms with van der Waals surface area (Å²) in [6, 6.07) is 11.6. The van der Waals surface area contributed by atoms with Gasteiger partial charge < -0.3 is 20.7 Å². The third-order valence-corrected chi connectivity index (χ3v) is 8.80. The average molecular weight is 578 g/mol. The molecular formula is C30H30F3N7O2. The first-order chi connectivity index (χ1) is 20.2. The second-order valence-electron chi connectivity index (χ2n) is 11.6. The van der Waals surface area contributed by atoms with Crippen LogP contribution < -0.4 is 20.7 Å². The molecule has 9 nitrogen and oxygen atoms in total. The van der Waals surface area contributed by atoms with E-state index in [1.54, 1.807) is 30.6 Å². The third-order valence-electron chi connectivity index (χ3n) is 8.80. The van der Waals surface area contributed by atoms with Gasteiger partial charge in [0.2, 0.25) is 5.95 Å². The Bertz CT molecular complexity index is 1480. The van der Waals surface area contributed by atoms with E-state index < -0.39 is 6.36 Å². The Kier molecular flexibility index (Phi) is 7.35. The summed E-state index contributed by atoms with van der Waals surface area (Å²) < 4.78 is 42.5. The molecular weight excluding hydrogens is 547 g/mol. The fraction of sp³-hybridized carbons (Fsp3) is 0.433. The van der Waals surface area contributed by atoms with Gasteiger partial charge in [-0.25, -0.2) is 4.98 Å². The molecule has 4 bridgehead atoms. The lowest BCUT2D eigenvalue weighted by Gasteiger charge is -2.60. The van der Waals surface area contributed by atoms with E-state index in [9.17, 15) is 23.2 Å². The Morgan fingerprint density at radius 1 is 1.07 bits per heavy atom. The van der Waals surface area contributed by atoms with Crippen molar-refractivity contribution in [2.75, 3.05) is 17.2 Å². The first-order valence-corrected chi connectivity index (χ1v) is 14.0. The van der Waals surface area contributed by atoms with Crippen molar-refractivity contribution < 1.29 is 22.7 Å². The maximum atomic E-state index is 12.9. The predicted octanol–water partition coefficient (Wildman–Crippen LogP) is 5.29. The standard InChI is InChI=1S/C30H30F3N7O2/c31-30(32,33)42-24-6-2-1-4-19(24)15-36-28-37-16-23(13-34)26(40-28)38-17-29-10-18-8-21(11-29)25(22(9-18)12-29)39-27(41)20-5-3-7-35-14-20/h1-7,14,16,18,21-22,25H,8-12,15,17H2,(H,39,41)(H2,36,37,38,40)/t18?,21-,22+,25-,29-. The van der Waals surface area contributed by atoms with Crippen molar-refractivity contribution in [3.63, 3.8) is 0 Å². The van der Waals surface area contributed by atoms with Gasteiger partial charge in [-0.1, -0.05) is 18.2 Å². The van der Waals surface area contributed by atoms with E-state index in [0.717, 1.165) is 32.1 Å². The number of hydrogen-bond donors (Lipinski definition) is 3. The number of nitriles is 1. The number of amides is 1. The first-order valence-electron chi connectivity index (χ1n) is 14.0. The van der Waals surface area contributed by atoms with Crippen LogP contribution in [-0.2, 0) is 6.54 Å². The van der Waals surface area contributed by atoms with E-state index >= 15 is 0 Å². The molecule has 2 aromatic heterocycles. The molecule has 4 saturated carbocycles. The van der Waals surface area contributed by atoms with Crippen LogP contribution in [0.5, 0.6) is 5.75 Å². The molecule has 42 heavy (non-hydrogen) atoms. The van der Waals surface area contributed by atoms with E-state index in [1.807, 2.05) is 0 Å². The van der Waals surface area contributed by atoms with Gasteiger partial charge >= 0.3 is 6.36 Å². The molecule has 1 amide bonds. The van der Waals surface area contributed by atoms with Crippen LogP contribution in [0.3, 0.4) is 0 Å². The number of alkyl halides is 3. The summed E-state index contributed by atoms with van der Waals surface area (Å²) in [7, 11) is 0. The molecule has 0 radical (unpaired) electrons. The van der Waals surface area contributed by atoms with Crippen molar-refractivity contribution in [2.24, 2.45) is 23.2 Å². The van der Waals surface area contributed by atoms with E-state index in [4.69, 9.17) is 0 Å². The second-order valence-corrected chi connectivity index (χ2v) is 11.6. The summed E-state index contributed by atoms with van der Waals surface area (Å²) in [6.45, 7) is 0.631. The van der Waals surface area contributed by atoms with Gasteiger partial charge in [0.25, 0.3) is 5.91 Å². The lowest BCUT2D eigenvalue weighted by atomic mass is 9.48. The predicted molar refractivity (Wildman–Crippen MR) is 147 cm³/mol. The summed E-state index contributed by atoms with van der Waals surface area (Å²) in [6.07, 6.45) is 5.06. The summed E-state index contributed by atoms with van der Waals surface area (Å²) in [5.74, 6) is 1.55. The number of hydrogen-bond acceptors (Lipinski definition) is 8. The number of carbonyl (C=O) groups excluding carboxylic acids is 1. The molecule has 4 fully saturated rings. The third kappa shape index (κ3) is 5.95. The molecule has 0 aliphatic heterocycles. The highest BCUT2D eigenvalue weighted by molar-refractivity contribution is 5.94. The Balaban J connectivity index is 1.12. The summed E-state index contributed by atoms with van der Waals surface area (Å²) in [4.78, 5) is 25.6. The van der Waals surface area contributed by atoms with Crippen LogP contribution in [-0.4, -0.2) is 39.8 Å². The van der Waals surface area contributed by atoms with Gasteiger partial charge in [-0.15, -0.1) is 13.2 Å². The molecule has 4 aliphatic rings. The number of aromatic nitrogens is 3. The van der Waals surface area contributed by atoms with Crippen LogP contribution in [0.25, 0.3) is 0 Å². The normalized spacial score (nSPS) is 25.9. The monoisotopic (exact) mass is 577 g/mol. The van der Waals surface area contributed by atoms with Gasteiger partial charge in [-0.05, 0) is 73.5 Å². The average Bonchev–Trinajstić information content (AvgIpc) is 2.97. The number of halogens is 3. The maximum absolute atomic E-state index is 12.9. The van der Waals surface area contributed by atoms with E-state index in [1.165, 1.54) is 24.4 Å². The molecule has 2 heterocycles. The summed E-state index contributed by atoms with van der Waals surface area (Å²) in [5, 5.41) is 19.3. The van der Waals surface area contributed by atoms with Crippen molar-refractivity contribution in [3.05, 3.63) is 71.7 Å². The van der Waals surface area contributed by atoms with Crippen molar-refractivity contribution in [1.82, 2.24) is 20.3 Å². The zero-order valence-corrected chi connectivity index (χ0v) is 22.7. The number of pyridine rings is 1. The van der Waals surface area contributed by atoms with Gasteiger partial charge in [0, 0.05) is 37.1 Å². The molecule has 1 aromatic carbocycles. The fourth-order valence-corrected chi connectivity index (χ4v) is 7.38. The largest absolute Gasteiger partial charge is 0.573 e. The first kappa shape index (κ1) is 27.8. The highest BCUT2D eigenvalue weighted by Crippen LogP contribution is 2.60. The van der Waals surface area contributed by atoms with Crippen molar-refractivity contribution in [2.45, 2.75) is 51.1 Å². The molecule has 7 rings (SSSR count). The second kappa shape index (κ2) is 11.1. The Hall–Kier alpha value is -4.40. The van der Waals surface area contributed by atoms with Crippen molar-refractivity contribution in [3.8, 4) is 11.8 Å².